The lowest BCUT2D eigenvalue weighted by atomic mass is 10.1. The number of halogens is 1. The second kappa shape index (κ2) is 7.84. The fourth-order valence-electron chi connectivity index (χ4n) is 2.46. The lowest BCUT2D eigenvalue weighted by Gasteiger charge is -2.05. The van der Waals surface area contributed by atoms with E-state index >= 15 is 0 Å². The molecule has 0 aliphatic heterocycles. The zero-order valence-corrected chi connectivity index (χ0v) is 14.9. The molecule has 3 heterocycles. The SMILES string of the molecule is Fc1cccc(-c2csc(NN=C(c3ccccn3)c3ccccn3)n2)c1. The van der Waals surface area contributed by atoms with Gasteiger partial charge in [-0.1, -0.05) is 24.3 Å². The van der Waals surface area contributed by atoms with Crippen molar-refractivity contribution < 1.29 is 4.39 Å². The smallest absolute Gasteiger partial charge is 0.203 e. The van der Waals surface area contributed by atoms with Crippen LogP contribution in [0.4, 0.5) is 9.52 Å². The van der Waals surface area contributed by atoms with Crippen LogP contribution in [-0.2, 0) is 0 Å². The normalized spacial score (nSPS) is 10.4. The van der Waals surface area contributed by atoms with Gasteiger partial charge in [-0.05, 0) is 36.4 Å². The minimum Gasteiger partial charge on any atom is -0.254 e. The summed E-state index contributed by atoms with van der Waals surface area (Å²) in [6.07, 6.45) is 3.42. The molecule has 132 valence electrons. The van der Waals surface area contributed by atoms with Gasteiger partial charge in [-0.2, -0.15) is 5.10 Å². The Kier molecular flexibility index (Phi) is 4.93. The summed E-state index contributed by atoms with van der Waals surface area (Å²) in [4.78, 5) is 13.2. The summed E-state index contributed by atoms with van der Waals surface area (Å²) < 4.78 is 13.4. The molecule has 7 heteroatoms. The highest BCUT2D eigenvalue weighted by molar-refractivity contribution is 7.14. The Labute approximate surface area is 159 Å². The van der Waals surface area contributed by atoms with Crippen LogP contribution in [0, 0.1) is 5.82 Å². The first-order valence-corrected chi connectivity index (χ1v) is 9.05. The van der Waals surface area contributed by atoms with Gasteiger partial charge >= 0.3 is 0 Å². The molecule has 1 N–H and O–H groups in total. The van der Waals surface area contributed by atoms with E-state index < -0.39 is 0 Å². The molecular formula is C20H14FN5S. The van der Waals surface area contributed by atoms with Gasteiger partial charge in [0.1, 0.15) is 11.5 Å². The Bertz CT molecular complexity index is 1020. The molecule has 0 amide bonds. The van der Waals surface area contributed by atoms with Gasteiger partial charge < -0.3 is 0 Å². The molecule has 0 saturated heterocycles. The van der Waals surface area contributed by atoms with Gasteiger partial charge in [-0.25, -0.2) is 9.37 Å². The van der Waals surface area contributed by atoms with E-state index in [2.05, 4.69) is 25.5 Å². The quantitative estimate of drug-likeness (QED) is 0.409. The van der Waals surface area contributed by atoms with E-state index in [0.717, 1.165) is 5.56 Å². The second-order valence-electron chi connectivity index (χ2n) is 5.55. The van der Waals surface area contributed by atoms with Crippen molar-refractivity contribution in [2.24, 2.45) is 5.10 Å². The predicted octanol–water partition coefficient (Wildman–Crippen LogP) is 4.60. The number of hydrogen-bond acceptors (Lipinski definition) is 6. The maximum atomic E-state index is 13.4. The van der Waals surface area contributed by atoms with E-state index in [0.29, 0.717) is 27.9 Å². The molecule has 4 aromatic rings. The van der Waals surface area contributed by atoms with E-state index in [1.807, 2.05) is 47.8 Å². The zero-order valence-electron chi connectivity index (χ0n) is 14.1. The van der Waals surface area contributed by atoms with Gasteiger partial charge in [0, 0.05) is 23.3 Å². The Morgan fingerprint density at radius 3 is 2.30 bits per heavy atom. The number of aromatic nitrogens is 3. The molecule has 0 bridgehead atoms. The van der Waals surface area contributed by atoms with Crippen LogP contribution in [0.25, 0.3) is 11.3 Å². The third-order valence-electron chi connectivity index (χ3n) is 3.70. The molecular weight excluding hydrogens is 361 g/mol. The lowest BCUT2D eigenvalue weighted by molar-refractivity contribution is 0.628. The molecule has 0 spiro atoms. The van der Waals surface area contributed by atoms with Crippen LogP contribution in [0.3, 0.4) is 0 Å². The van der Waals surface area contributed by atoms with Crippen molar-refractivity contribution in [2.75, 3.05) is 5.43 Å². The third kappa shape index (κ3) is 4.04. The van der Waals surface area contributed by atoms with Crippen molar-refractivity contribution in [2.45, 2.75) is 0 Å². The van der Waals surface area contributed by atoms with Crippen LogP contribution in [0.5, 0.6) is 0 Å². The maximum absolute atomic E-state index is 13.4. The standard InChI is InChI=1S/C20H14FN5S/c21-15-7-5-6-14(12-15)18-13-27-20(24-18)26-25-19(16-8-1-3-10-22-16)17-9-2-4-11-23-17/h1-13H,(H,24,26). The summed E-state index contributed by atoms with van der Waals surface area (Å²) in [6, 6.07) is 17.6. The number of nitrogens with zero attached hydrogens (tertiary/aromatic N) is 4. The first kappa shape index (κ1) is 17.0. The molecule has 0 radical (unpaired) electrons. The fraction of sp³-hybridized carbons (Fsp3) is 0. The molecule has 5 nitrogen and oxygen atoms in total. The Balaban J connectivity index is 1.63. The van der Waals surface area contributed by atoms with Crippen LogP contribution in [0.2, 0.25) is 0 Å². The number of rotatable bonds is 5. The van der Waals surface area contributed by atoms with Crippen molar-refractivity contribution in [3.63, 3.8) is 0 Å². The van der Waals surface area contributed by atoms with E-state index in [1.54, 1.807) is 18.5 Å². The van der Waals surface area contributed by atoms with Crippen molar-refractivity contribution in [1.82, 2.24) is 15.0 Å². The topological polar surface area (TPSA) is 63.1 Å². The highest BCUT2D eigenvalue weighted by Crippen LogP contribution is 2.25. The van der Waals surface area contributed by atoms with Crippen molar-refractivity contribution >= 4 is 22.2 Å². The van der Waals surface area contributed by atoms with Crippen LogP contribution in [0.15, 0.2) is 83.5 Å². The summed E-state index contributed by atoms with van der Waals surface area (Å²) >= 11 is 1.39. The summed E-state index contributed by atoms with van der Waals surface area (Å²) in [5, 5.41) is 6.93. The van der Waals surface area contributed by atoms with Crippen LogP contribution in [0.1, 0.15) is 11.4 Å². The molecule has 4 rings (SSSR count). The predicted molar refractivity (Wildman–Crippen MR) is 105 cm³/mol. The van der Waals surface area contributed by atoms with Crippen molar-refractivity contribution in [1.29, 1.82) is 0 Å². The minimum absolute atomic E-state index is 0.291. The van der Waals surface area contributed by atoms with Crippen molar-refractivity contribution in [3.8, 4) is 11.3 Å². The van der Waals surface area contributed by atoms with Gasteiger partial charge in [-0.15, -0.1) is 11.3 Å². The molecule has 27 heavy (non-hydrogen) atoms. The lowest BCUT2D eigenvalue weighted by Crippen LogP contribution is -2.10. The van der Waals surface area contributed by atoms with Crippen LogP contribution >= 0.6 is 11.3 Å². The molecule has 0 atom stereocenters. The van der Waals surface area contributed by atoms with Gasteiger partial charge in [0.25, 0.3) is 0 Å². The number of pyridine rings is 2. The van der Waals surface area contributed by atoms with Gasteiger partial charge in [0.15, 0.2) is 0 Å². The second-order valence-corrected chi connectivity index (χ2v) is 6.41. The monoisotopic (exact) mass is 375 g/mol. The molecule has 0 fully saturated rings. The number of hydrogen-bond donors (Lipinski definition) is 1. The number of hydrazone groups is 1. The summed E-state index contributed by atoms with van der Waals surface area (Å²) in [6.45, 7) is 0. The van der Waals surface area contributed by atoms with Crippen molar-refractivity contribution in [3.05, 3.63) is 95.6 Å². The summed E-state index contributed by atoms with van der Waals surface area (Å²) in [5.74, 6) is -0.291. The maximum Gasteiger partial charge on any atom is 0.203 e. The first-order valence-electron chi connectivity index (χ1n) is 8.17. The van der Waals surface area contributed by atoms with E-state index in [4.69, 9.17) is 0 Å². The molecule has 0 unspecified atom stereocenters. The average Bonchev–Trinajstić information content (AvgIpc) is 3.19. The number of nitrogens with one attached hydrogen (secondary N) is 1. The van der Waals surface area contributed by atoms with Crippen LogP contribution < -0.4 is 5.43 Å². The Hall–Kier alpha value is -3.45. The highest BCUT2D eigenvalue weighted by Gasteiger charge is 2.10. The van der Waals surface area contributed by atoms with E-state index in [-0.39, 0.29) is 5.82 Å². The molecule has 1 aromatic carbocycles. The largest absolute Gasteiger partial charge is 0.254 e. The molecule has 3 aromatic heterocycles. The zero-order chi connectivity index (χ0) is 18.5. The molecule has 0 aliphatic carbocycles. The molecule has 0 saturated carbocycles. The number of benzene rings is 1. The number of anilines is 1. The number of thiazole rings is 1. The summed E-state index contributed by atoms with van der Waals surface area (Å²) in [7, 11) is 0. The minimum atomic E-state index is -0.291. The van der Waals surface area contributed by atoms with Gasteiger partial charge in [0.2, 0.25) is 5.13 Å². The fourth-order valence-corrected chi connectivity index (χ4v) is 3.12. The molecule has 0 aliphatic rings. The first-order chi connectivity index (χ1) is 13.3. The average molecular weight is 375 g/mol. The van der Waals surface area contributed by atoms with E-state index in [1.165, 1.54) is 23.5 Å². The Morgan fingerprint density at radius 1 is 0.926 bits per heavy atom. The van der Waals surface area contributed by atoms with E-state index in [9.17, 15) is 4.39 Å². The van der Waals surface area contributed by atoms with Crippen LogP contribution in [-0.4, -0.2) is 20.7 Å². The van der Waals surface area contributed by atoms with Gasteiger partial charge in [-0.3, -0.25) is 15.4 Å². The Morgan fingerprint density at radius 2 is 1.67 bits per heavy atom. The van der Waals surface area contributed by atoms with Gasteiger partial charge in [0.05, 0.1) is 17.1 Å². The summed E-state index contributed by atoms with van der Waals surface area (Å²) in [5.41, 5.74) is 6.39. The third-order valence-corrected chi connectivity index (χ3v) is 4.45. The highest BCUT2D eigenvalue weighted by atomic mass is 32.1.